The average Bonchev–Trinajstić information content (AvgIpc) is 2.68. The molecule has 1 aromatic rings. The molecule has 1 aliphatic carbocycles. The Kier molecular flexibility index (Phi) is 2.64. The zero-order valence-corrected chi connectivity index (χ0v) is 9.57. The van der Waals surface area contributed by atoms with E-state index in [-0.39, 0.29) is 11.8 Å². The molecular formula is C9H13NO2S2. The van der Waals surface area contributed by atoms with Gasteiger partial charge in [0.15, 0.2) is 0 Å². The average molecular weight is 231 g/mol. The summed E-state index contributed by atoms with van der Waals surface area (Å²) in [6.45, 7) is 1.66. The number of thiophene rings is 1. The van der Waals surface area contributed by atoms with Crippen molar-refractivity contribution in [2.75, 3.05) is 5.75 Å². The number of sulfonamides is 1. The highest BCUT2D eigenvalue weighted by atomic mass is 32.2. The summed E-state index contributed by atoms with van der Waals surface area (Å²) in [6.07, 6.45) is 0.944. The van der Waals surface area contributed by atoms with Crippen LogP contribution in [0.4, 0.5) is 0 Å². The van der Waals surface area contributed by atoms with Crippen molar-refractivity contribution >= 4 is 21.4 Å². The lowest BCUT2D eigenvalue weighted by atomic mass is 10.3. The van der Waals surface area contributed by atoms with E-state index >= 15 is 0 Å². The molecule has 1 saturated carbocycles. The Bertz CT molecular complexity index is 396. The van der Waals surface area contributed by atoms with Crippen molar-refractivity contribution in [3.05, 3.63) is 22.4 Å². The fraction of sp³-hybridized carbons (Fsp3) is 0.556. The second-order valence-corrected chi connectivity index (χ2v) is 6.51. The Morgan fingerprint density at radius 3 is 3.00 bits per heavy atom. The fourth-order valence-electron chi connectivity index (χ4n) is 1.46. The van der Waals surface area contributed by atoms with Crippen molar-refractivity contribution in [3.8, 4) is 0 Å². The van der Waals surface area contributed by atoms with Crippen LogP contribution in [0.1, 0.15) is 24.1 Å². The van der Waals surface area contributed by atoms with Crippen LogP contribution >= 0.6 is 11.3 Å². The Morgan fingerprint density at radius 2 is 2.43 bits per heavy atom. The van der Waals surface area contributed by atoms with E-state index in [1.54, 1.807) is 18.3 Å². The van der Waals surface area contributed by atoms with Gasteiger partial charge in [0.2, 0.25) is 10.0 Å². The topological polar surface area (TPSA) is 46.2 Å². The number of hydrogen-bond donors (Lipinski definition) is 1. The summed E-state index contributed by atoms with van der Waals surface area (Å²) in [5.74, 6) is 0.581. The molecule has 1 aromatic heterocycles. The van der Waals surface area contributed by atoms with Gasteiger partial charge >= 0.3 is 0 Å². The van der Waals surface area contributed by atoms with E-state index in [1.165, 1.54) is 4.88 Å². The van der Waals surface area contributed by atoms with Crippen molar-refractivity contribution in [3.63, 3.8) is 0 Å². The smallest absolute Gasteiger partial charge is 0.211 e. The normalized spacial score (nSPS) is 26.4. The first-order valence-corrected chi connectivity index (χ1v) is 7.19. The molecule has 3 nitrogen and oxygen atoms in total. The summed E-state index contributed by atoms with van der Waals surface area (Å²) in [4.78, 5) is 1.29. The maximum Gasteiger partial charge on any atom is 0.211 e. The molecule has 78 valence electrons. The van der Waals surface area contributed by atoms with Gasteiger partial charge in [-0.1, -0.05) is 6.07 Å². The van der Waals surface area contributed by atoms with Crippen molar-refractivity contribution in [1.29, 1.82) is 0 Å². The third-order valence-corrected chi connectivity index (χ3v) is 4.84. The van der Waals surface area contributed by atoms with Gasteiger partial charge in [-0.15, -0.1) is 11.3 Å². The van der Waals surface area contributed by atoms with Crippen LogP contribution in [0.2, 0.25) is 0 Å². The summed E-state index contributed by atoms with van der Waals surface area (Å²) >= 11 is 1.70. The maximum absolute atomic E-state index is 11.3. The van der Waals surface area contributed by atoms with Gasteiger partial charge in [0.25, 0.3) is 0 Å². The van der Waals surface area contributed by atoms with Gasteiger partial charge in [-0.2, -0.15) is 0 Å². The van der Waals surface area contributed by atoms with E-state index in [0.717, 1.165) is 6.42 Å². The van der Waals surface area contributed by atoms with Crippen molar-refractivity contribution < 1.29 is 8.42 Å². The first-order chi connectivity index (χ1) is 6.62. The zero-order valence-electron chi connectivity index (χ0n) is 7.93. The molecule has 5 heteroatoms. The van der Waals surface area contributed by atoms with E-state index in [1.807, 2.05) is 11.4 Å². The summed E-state index contributed by atoms with van der Waals surface area (Å²) in [5, 5.41) is 2.03. The SMILES string of the molecule is CCS(=O)(=O)NC1CC1c1cccs1. The van der Waals surface area contributed by atoms with E-state index in [0.29, 0.717) is 5.92 Å². The molecule has 0 aliphatic heterocycles. The van der Waals surface area contributed by atoms with Crippen molar-refractivity contribution in [2.45, 2.75) is 25.3 Å². The fourth-order valence-corrected chi connectivity index (χ4v) is 3.25. The molecule has 1 aliphatic rings. The molecule has 2 unspecified atom stereocenters. The molecule has 0 saturated heterocycles. The maximum atomic E-state index is 11.3. The summed E-state index contributed by atoms with van der Waals surface area (Å²) < 4.78 is 25.2. The molecule has 0 radical (unpaired) electrons. The van der Waals surface area contributed by atoms with Crippen LogP contribution in [0, 0.1) is 0 Å². The van der Waals surface area contributed by atoms with E-state index in [9.17, 15) is 8.42 Å². The predicted octanol–water partition coefficient (Wildman–Crippen LogP) is 1.54. The number of hydrogen-bond acceptors (Lipinski definition) is 3. The second-order valence-electron chi connectivity index (χ2n) is 3.49. The molecule has 2 rings (SSSR count). The van der Waals surface area contributed by atoms with Crippen LogP contribution in [-0.2, 0) is 10.0 Å². The predicted molar refractivity (Wildman–Crippen MR) is 58.1 cm³/mol. The lowest BCUT2D eigenvalue weighted by Crippen LogP contribution is -2.28. The minimum atomic E-state index is -3.03. The summed E-state index contributed by atoms with van der Waals surface area (Å²) in [6, 6.07) is 4.21. The largest absolute Gasteiger partial charge is 0.212 e. The third-order valence-electron chi connectivity index (χ3n) is 2.41. The first-order valence-electron chi connectivity index (χ1n) is 4.66. The standard InChI is InChI=1S/C9H13NO2S2/c1-2-14(11,12)10-8-6-7(8)9-4-3-5-13-9/h3-5,7-8,10H,2,6H2,1H3. The Balaban J connectivity index is 1.95. The van der Waals surface area contributed by atoms with Gasteiger partial charge < -0.3 is 0 Å². The highest BCUT2D eigenvalue weighted by Gasteiger charge is 2.41. The van der Waals surface area contributed by atoms with Crippen LogP contribution < -0.4 is 4.72 Å². The van der Waals surface area contributed by atoms with Crippen LogP contribution in [0.15, 0.2) is 17.5 Å². The molecule has 2 atom stereocenters. The van der Waals surface area contributed by atoms with Crippen molar-refractivity contribution in [2.24, 2.45) is 0 Å². The lowest BCUT2D eigenvalue weighted by molar-refractivity contribution is 0.581. The Hall–Kier alpha value is -0.390. The minimum absolute atomic E-state index is 0.138. The van der Waals surface area contributed by atoms with Gasteiger partial charge in [-0.3, -0.25) is 0 Å². The van der Waals surface area contributed by atoms with Crippen LogP contribution in [-0.4, -0.2) is 20.2 Å². The quantitative estimate of drug-likeness (QED) is 0.854. The van der Waals surface area contributed by atoms with E-state index in [4.69, 9.17) is 0 Å². The molecule has 14 heavy (non-hydrogen) atoms. The summed E-state index contributed by atoms with van der Waals surface area (Å²) in [7, 11) is -3.03. The van der Waals surface area contributed by atoms with Gasteiger partial charge in [-0.25, -0.2) is 13.1 Å². The molecule has 1 fully saturated rings. The van der Waals surface area contributed by atoms with Gasteiger partial charge in [-0.05, 0) is 24.8 Å². The molecule has 0 bridgehead atoms. The molecule has 1 N–H and O–H groups in total. The monoisotopic (exact) mass is 231 g/mol. The Morgan fingerprint density at radius 1 is 1.64 bits per heavy atom. The van der Waals surface area contributed by atoms with Gasteiger partial charge in [0.05, 0.1) is 5.75 Å². The van der Waals surface area contributed by atoms with Gasteiger partial charge in [0, 0.05) is 16.8 Å². The lowest BCUT2D eigenvalue weighted by Gasteiger charge is -2.01. The van der Waals surface area contributed by atoms with Crippen molar-refractivity contribution in [1.82, 2.24) is 4.72 Å². The van der Waals surface area contributed by atoms with Crippen LogP contribution in [0.3, 0.4) is 0 Å². The van der Waals surface area contributed by atoms with E-state index < -0.39 is 10.0 Å². The summed E-state index contributed by atoms with van der Waals surface area (Å²) in [5.41, 5.74) is 0. The number of rotatable bonds is 4. The highest BCUT2D eigenvalue weighted by molar-refractivity contribution is 7.89. The molecule has 0 amide bonds. The highest BCUT2D eigenvalue weighted by Crippen LogP contribution is 2.43. The second kappa shape index (κ2) is 3.64. The molecule has 0 spiro atoms. The van der Waals surface area contributed by atoms with Gasteiger partial charge in [0.1, 0.15) is 0 Å². The van der Waals surface area contributed by atoms with E-state index in [2.05, 4.69) is 10.8 Å². The zero-order chi connectivity index (χ0) is 10.2. The van der Waals surface area contributed by atoms with Crippen LogP contribution in [0.5, 0.6) is 0 Å². The minimum Gasteiger partial charge on any atom is -0.212 e. The molecular weight excluding hydrogens is 218 g/mol. The molecule has 1 heterocycles. The van der Waals surface area contributed by atoms with Crippen LogP contribution in [0.25, 0.3) is 0 Å². The number of nitrogens with one attached hydrogen (secondary N) is 1. The first kappa shape index (κ1) is 10.1. The Labute approximate surface area is 88.2 Å². The molecule has 0 aromatic carbocycles. The third kappa shape index (κ3) is 2.16.